The lowest BCUT2D eigenvalue weighted by Gasteiger charge is -2.01. The van der Waals surface area contributed by atoms with Gasteiger partial charge in [-0.2, -0.15) is 0 Å². The highest BCUT2D eigenvalue weighted by Crippen LogP contribution is 2.17. The maximum atomic E-state index is 12.8. The van der Waals surface area contributed by atoms with E-state index in [4.69, 9.17) is 22.1 Å². The van der Waals surface area contributed by atoms with Gasteiger partial charge < -0.3 is 5.11 Å². The van der Waals surface area contributed by atoms with Gasteiger partial charge in [-0.15, -0.1) is 0 Å². The van der Waals surface area contributed by atoms with Gasteiger partial charge in [0.25, 0.3) is 0 Å². The molecular formula is C10H7ClFNO3. The van der Waals surface area contributed by atoms with Crippen molar-refractivity contribution in [3.8, 4) is 0 Å². The Labute approximate surface area is 95.2 Å². The van der Waals surface area contributed by atoms with Gasteiger partial charge in [0.15, 0.2) is 5.78 Å². The van der Waals surface area contributed by atoms with Crippen LogP contribution in [0.15, 0.2) is 18.2 Å². The summed E-state index contributed by atoms with van der Waals surface area (Å²) in [6.45, 7) is 0. The summed E-state index contributed by atoms with van der Waals surface area (Å²) in [6.07, 6.45) is -0.544. The third-order valence-electron chi connectivity index (χ3n) is 1.84. The molecule has 0 fully saturated rings. The van der Waals surface area contributed by atoms with Crippen LogP contribution >= 0.6 is 11.6 Å². The second kappa shape index (κ2) is 4.85. The number of Topliss-reactive ketones (excluding diaryl/α,β-unsaturated/α-hetero) is 1. The van der Waals surface area contributed by atoms with Crippen LogP contribution in [0.1, 0.15) is 16.8 Å². The normalized spacial score (nSPS) is 9.88. The van der Waals surface area contributed by atoms with E-state index in [1.165, 1.54) is 6.07 Å². The number of aliphatic carboxylic acids is 1. The summed E-state index contributed by atoms with van der Waals surface area (Å²) in [5.74, 6) is -2.71. The van der Waals surface area contributed by atoms with Gasteiger partial charge in [0.05, 0.1) is 11.4 Å². The van der Waals surface area contributed by atoms with Gasteiger partial charge in [-0.3, -0.25) is 10.2 Å². The van der Waals surface area contributed by atoms with Crippen molar-refractivity contribution in [2.24, 2.45) is 0 Å². The number of hydrogen-bond acceptors (Lipinski definition) is 3. The molecule has 0 bridgehead atoms. The molecule has 4 nitrogen and oxygen atoms in total. The Hall–Kier alpha value is -1.75. The van der Waals surface area contributed by atoms with Crippen LogP contribution in [0.2, 0.25) is 5.02 Å². The number of ketones is 1. The lowest BCUT2D eigenvalue weighted by Crippen LogP contribution is -2.16. The van der Waals surface area contributed by atoms with E-state index >= 15 is 0 Å². The third kappa shape index (κ3) is 2.87. The molecular weight excluding hydrogens is 237 g/mol. The van der Waals surface area contributed by atoms with Gasteiger partial charge in [0, 0.05) is 5.56 Å². The summed E-state index contributed by atoms with van der Waals surface area (Å²) in [6, 6.07) is 3.31. The fourth-order valence-corrected chi connectivity index (χ4v) is 1.19. The minimum absolute atomic E-state index is 0.0809. The van der Waals surface area contributed by atoms with Gasteiger partial charge in [0.1, 0.15) is 11.5 Å². The average Bonchev–Trinajstić information content (AvgIpc) is 2.21. The van der Waals surface area contributed by atoms with Crippen molar-refractivity contribution in [1.82, 2.24) is 0 Å². The lowest BCUT2D eigenvalue weighted by atomic mass is 10.1. The minimum atomic E-state index is -1.46. The Balaban J connectivity index is 2.85. The zero-order valence-corrected chi connectivity index (χ0v) is 8.71. The fourth-order valence-electron chi connectivity index (χ4n) is 1.01. The average molecular weight is 244 g/mol. The van der Waals surface area contributed by atoms with E-state index in [0.29, 0.717) is 0 Å². The van der Waals surface area contributed by atoms with Gasteiger partial charge in [-0.25, -0.2) is 9.18 Å². The number of carbonyl (C=O) groups is 2. The Kier molecular flexibility index (Phi) is 3.73. The van der Waals surface area contributed by atoms with Crippen molar-refractivity contribution >= 4 is 29.1 Å². The van der Waals surface area contributed by atoms with Crippen LogP contribution in [0.25, 0.3) is 0 Å². The van der Waals surface area contributed by atoms with Crippen molar-refractivity contribution in [2.45, 2.75) is 6.42 Å². The number of halogens is 2. The first-order chi connectivity index (χ1) is 7.41. The van der Waals surface area contributed by atoms with E-state index in [-0.39, 0.29) is 10.6 Å². The van der Waals surface area contributed by atoms with Gasteiger partial charge >= 0.3 is 5.97 Å². The molecule has 0 atom stereocenters. The molecule has 0 aromatic heterocycles. The van der Waals surface area contributed by atoms with Crippen LogP contribution in [0.3, 0.4) is 0 Å². The number of rotatable bonds is 4. The maximum Gasteiger partial charge on any atom is 0.349 e. The third-order valence-corrected chi connectivity index (χ3v) is 2.13. The number of carbonyl (C=O) groups excluding carboxylic acids is 1. The van der Waals surface area contributed by atoms with Crippen LogP contribution in [-0.2, 0) is 4.79 Å². The molecule has 0 aliphatic rings. The quantitative estimate of drug-likeness (QED) is 0.628. The SMILES string of the molecule is N=C(CC(=O)c1ccc(F)c(Cl)c1)C(=O)O. The molecule has 0 heterocycles. The number of carboxylic acids is 1. The van der Waals surface area contributed by atoms with Crippen LogP contribution in [0.5, 0.6) is 0 Å². The second-order valence-corrected chi connectivity index (χ2v) is 3.42. The Bertz CT molecular complexity index is 473. The summed E-state index contributed by atoms with van der Waals surface area (Å²) in [5, 5.41) is 15.2. The summed E-state index contributed by atoms with van der Waals surface area (Å²) >= 11 is 5.46. The van der Waals surface area contributed by atoms with Gasteiger partial charge in [-0.1, -0.05) is 11.6 Å². The topological polar surface area (TPSA) is 78.2 Å². The molecule has 16 heavy (non-hydrogen) atoms. The number of hydrogen-bond donors (Lipinski definition) is 2. The standard InChI is InChI=1S/C10H7ClFNO3/c11-6-3-5(1-2-7(6)12)9(14)4-8(13)10(15)16/h1-3,13H,4H2,(H,15,16). The molecule has 6 heteroatoms. The number of nitrogens with one attached hydrogen (secondary N) is 1. The molecule has 1 aromatic carbocycles. The van der Waals surface area contributed by atoms with Gasteiger partial charge in [0.2, 0.25) is 0 Å². The molecule has 0 unspecified atom stereocenters. The summed E-state index contributed by atoms with van der Waals surface area (Å²) in [5.41, 5.74) is -0.636. The first-order valence-electron chi connectivity index (χ1n) is 4.20. The second-order valence-electron chi connectivity index (χ2n) is 3.01. The monoisotopic (exact) mass is 243 g/mol. The van der Waals surface area contributed by atoms with E-state index in [2.05, 4.69) is 0 Å². The highest BCUT2D eigenvalue weighted by Gasteiger charge is 2.15. The predicted molar refractivity (Wildman–Crippen MR) is 55.7 cm³/mol. The van der Waals surface area contributed by atoms with E-state index < -0.39 is 29.7 Å². The first-order valence-corrected chi connectivity index (χ1v) is 4.58. The van der Waals surface area contributed by atoms with E-state index in [1.54, 1.807) is 0 Å². The molecule has 0 radical (unpaired) electrons. The molecule has 0 aliphatic carbocycles. The predicted octanol–water partition coefficient (Wildman–Crippen LogP) is 2.16. The summed E-state index contributed by atoms with van der Waals surface area (Å²) < 4.78 is 12.8. The molecule has 0 spiro atoms. The molecule has 2 N–H and O–H groups in total. The molecule has 0 saturated heterocycles. The molecule has 0 saturated carbocycles. The van der Waals surface area contributed by atoms with Crippen molar-refractivity contribution in [3.63, 3.8) is 0 Å². The van der Waals surface area contributed by atoms with Crippen molar-refractivity contribution < 1.29 is 19.1 Å². The minimum Gasteiger partial charge on any atom is -0.477 e. The number of carboxylic acid groups (broad SMARTS) is 1. The smallest absolute Gasteiger partial charge is 0.349 e. The van der Waals surface area contributed by atoms with E-state index in [0.717, 1.165) is 12.1 Å². The first kappa shape index (κ1) is 12.3. The van der Waals surface area contributed by atoms with Crippen LogP contribution in [-0.4, -0.2) is 22.6 Å². The van der Waals surface area contributed by atoms with Crippen molar-refractivity contribution in [3.05, 3.63) is 34.6 Å². The van der Waals surface area contributed by atoms with E-state index in [1.807, 2.05) is 0 Å². The zero-order chi connectivity index (χ0) is 12.3. The molecule has 0 aliphatic heterocycles. The summed E-state index contributed by atoms with van der Waals surface area (Å²) in [4.78, 5) is 21.8. The van der Waals surface area contributed by atoms with Crippen molar-refractivity contribution in [1.29, 1.82) is 5.41 Å². The molecule has 84 valence electrons. The van der Waals surface area contributed by atoms with Crippen LogP contribution in [0.4, 0.5) is 4.39 Å². The zero-order valence-electron chi connectivity index (χ0n) is 7.96. The van der Waals surface area contributed by atoms with Crippen LogP contribution < -0.4 is 0 Å². The Morgan fingerprint density at radius 1 is 1.44 bits per heavy atom. The summed E-state index contributed by atoms with van der Waals surface area (Å²) in [7, 11) is 0. The molecule has 0 amide bonds. The lowest BCUT2D eigenvalue weighted by molar-refractivity contribution is -0.129. The van der Waals surface area contributed by atoms with Crippen LogP contribution in [0, 0.1) is 11.2 Å². The Morgan fingerprint density at radius 3 is 2.56 bits per heavy atom. The van der Waals surface area contributed by atoms with Gasteiger partial charge in [-0.05, 0) is 18.2 Å². The molecule has 1 rings (SSSR count). The molecule has 1 aromatic rings. The van der Waals surface area contributed by atoms with E-state index in [9.17, 15) is 14.0 Å². The highest BCUT2D eigenvalue weighted by atomic mass is 35.5. The largest absolute Gasteiger partial charge is 0.477 e. The number of benzene rings is 1. The van der Waals surface area contributed by atoms with Crippen molar-refractivity contribution in [2.75, 3.05) is 0 Å². The maximum absolute atomic E-state index is 12.8. The fraction of sp³-hybridized carbons (Fsp3) is 0.100. The Morgan fingerprint density at radius 2 is 2.06 bits per heavy atom. The highest BCUT2D eigenvalue weighted by molar-refractivity contribution is 6.38.